The minimum atomic E-state index is 0.407. The number of aromatic hydroxyl groups is 1. The van der Waals surface area contributed by atoms with Crippen molar-refractivity contribution in [3.05, 3.63) is 4.47 Å². The van der Waals surface area contributed by atoms with Crippen LogP contribution in [0.4, 0.5) is 0 Å². The molecule has 0 radical (unpaired) electrons. The van der Waals surface area contributed by atoms with Gasteiger partial charge in [-0.1, -0.05) is 32.3 Å². The molecule has 1 aromatic rings. The third-order valence-corrected chi connectivity index (χ3v) is 3.68. The molecule has 0 saturated heterocycles. The molecule has 0 aliphatic carbocycles. The van der Waals surface area contributed by atoms with E-state index in [0.29, 0.717) is 5.75 Å². The summed E-state index contributed by atoms with van der Waals surface area (Å²) in [4.78, 5) is 0. The molecule has 0 aliphatic rings. The molecular weight excluding hydrogens is 211 g/mol. The molecule has 1 aromatic carbocycles. The number of phenolic OH excluding ortho intramolecular Hbond substituents is 1. The second-order valence-electron chi connectivity index (χ2n) is 3.16. The first-order chi connectivity index (χ1) is 5.46. The van der Waals surface area contributed by atoms with Crippen molar-refractivity contribution in [2.24, 2.45) is 0 Å². The summed E-state index contributed by atoms with van der Waals surface area (Å²) in [6, 6.07) is 0. The Labute approximate surface area is 84.7 Å². The van der Waals surface area contributed by atoms with E-state index in [1.165, 1.54) is 5.46 Å². The highest BCUT2D eigenvalue weighted by atomic mass is 79.9. The molecular formula is C6H9B4BrO. The number of benzene rings is 1. The molecule has 0 aromatic heterocycles. The van der Waals surface area contributed by atoms with E-state index in [4.69, 9.17) is 0 Å². The van der Waals surface area contributed by atoms with Crippen LogP contribution in [0.15, 0.2) is 4.47 Å². The standard InChI is InChI=1S/C6H9B4BrO/c7-1-2(8)5(11)4(10)6(12)3(1)9/h12H,7-10H2. The molecule has 6 heteroatoms. The van der Waals surface area contributed by atoms with E-state index in [-0.39, 0.29) is 0 Å². The molecule has 0 atom stereocenters. The third kappa shape index (κ3) is 1.33. The van der Waals surface area contributed by atoms with Crippen LogP contribution < -0.4 is 21.9 Å². The van der Waals surface area contributed by atoms with Crippen LogP contribution in [0.1, 0.15) is 0 Å². The van der Waals surface area contributed by atoms with Gasteiger partial charge in [-0.2, -0.15) is 0 Å². The van der Waals surface area contributed by atoms with E-state index in [0.717, 1.165) is 20.9 Å². The van der Waals surface area contributed by atoms with Crippen LogP contribution in [0, 0.1) is 0 Å². The van der Waals surface area contributed by atoms with Gasteiger partial charge in [0.25, 0.3) is 0 Å². The van der Waals surface area contributed by atoms with Crippen molar-refractivity contribution < 1.29 is 5.11 Å². The van der Waals surface area contributed by atoms with E-state index < -0.39 is 0 Å². The van der Waals surface area contributed by atoms with Gasteiger partial charge in [0.2, 0.25) is 0 Å². The number of hydrogen-bond donors (Lipinski definition) is 1. The lowest BCUT2D eigenvalue weighted by atomic mass is 9.69. The highest BCUT2D eigenvalue weighted by Crippen LogP contribution is 2.05. The molecule has 58 valence electrons. The second-order valence-corrected chi connectivity index (χ2v) is 3.96. The summed E-state index contributed by atoms with van der Waals surface area (Å²) in [5, 5.41) is 9.66. The van der Waals surface area contributed by atoms with Gasteiger partial charge < -0.3 is 5.11 Å². The van der Waals surface area contributed by atoms with E-state index in [1.807, 2.05) is 23.5 Å². The van der Waals surface area contributed by atoms with Crippen LogP contribution in [-0.4, -0.2) is 36.5 Å². The summed E-state index contributed by atoms with van der Waals surface area (Å²) in [6.07, 6.45) is 0. The molecule has 0 spiro atoms. The fourth-order valence-electron chi connectivity index (χ4n) is 1.29. The first kappa shape index (κ1) is 9.84. The Morgan fingerprint density at radius 3 is 1.83 bits per heavy atom. The maximum atomic E-state index is 9.66. The molecule has 0 heterocycles. The Kier molecular flexibility index (Phi) is 2.67. The van der Waals surface area contributed by atoms with E-state index >= 15 is 0 Å². The van der Waals surface area contributed by atoms with Crippen molar-refractivity contribution in [2.75, 3.05) is 0 Å². The van der Waals surface area contributed by atoms with Crippen molar-refractivity contribution in [2.45, 2.75) is 0 Å². The summed E-state index contributed by atoms with van der Waals surface area (Å²) in [7, 11) is 7.93. The van der Waals surface area contributed by atoms with Gasteiger partial charge in [-0.3, -0.25) is 0 Å². The Balaban J connectivity index is 3.60. The van der Waals surface area contributed by atoms with Gasteiger partial charge in [0, 0.05) is 4.47 Å². The Hall–Kier alpha value is -0.240. The van der Waals surface area contributed by atoms with Crippen molar-refractivity contribution in [3.8, 4) is 5.75 Å². The van der Waals surface area contributed by atoms with Crippen molar-refractivity contribution in [1.29, 1.82) is 0 Å². The molecule has 12 heavy (non-hydrogen) atoms. The zero-order chi connectivity index (χ0) is 9.46. The van der Waals surface area contributed by atoms with Gasteiger partial charge in [0.15, 0.2) is 0 Å². The Bertz CT molecular complexity index is 234. The number of rotatable bonds is 0. The maximum absolute atomic E-state index is 9.66. The van der Waals surface area contributed by atoms with Gasteiger partial charge in [-0.15, -0.1) is 0 Å². The summed E-state index contributed by atoms with van der Waals surface area (Å²) < 4.78 is 1.02. The molecule has 0 saturated carbocycles. The monoisotopic (exact) mass is 220 g/mol. The highest BCUT2D eigenvalue weighted by molar-refractivity contribution is 9.10. The summed E-state index contributed by atoms with van der Waals surface area (Å²) in [5.41, 5.74) is 4.27. The van der Waals surface area contributed by atoms with Crippen LogP contribution in [-0.2, 0) is 0 Å². The fraction of sp³-hybridized carbons (Fsp3) is 0. The van der Waals surface area contributed by atoms with Crippen LogP contribution in [0.5, 0.6) is 5.75 Å². The Morgan fingerprint density at radius 1 is 0.833 bits per heavy atom. The van der Waals surface area contributed by atoms with Crippen LogP contribution >= 0.6 is 15.9 Å². The van der Waals surface area contributed by atoms with Gasteiger partial charge in [0.1, 0.15) is 37.1 Å². The SMILES string of the molecule is Bc1c(B)c(O)c(B)c(Br)c1B. The van der Waals surface area contributed by atoms with Crippen molar-refractivity contribution in [1.82, 2.24) is 0 Å². The normalized spacial score (nSPS) is 10.1. The average Bonchev–Trinajstić information content (AvgIpc) is 2.08. The second kappa shape index (κ2) is 3.25. The molecule has 0 unspecified atom stereocenters. The van der Waals surface area contributed by atoms with Crippen LogP contribution in [0.3, 0.4) is 0 Å². The summed E-state index contributed by atoms with van der Waals surface area (Å²) in [6.45, 7) is 0. The molecule has 1 nitrogen and oxygen atoms in total. The molecule has 0 aliphatic heterocycles. The van der Waals surface area contributed by atoms with Crippen LogP contribution in [0.25, 0.3) is 0 Å². The van der Waals surface area contributed by atoms with Crippen LogP contribution in [0.2, 0.25) is 0 Å². The largest absolute Gasteiger partial charge is 0.509 e. The minimum Gasteiger partial charge on any atom is -0.509 e. The van der Waals surface area contributed by atoms with E-state index in [1.54, 1.807) is 0 Å². The molecule has 0 amide bonds. The van der Waals surface area contributed by atoms with E-state index in [9.17, 15) is 5.11 Å². The smallest absolute Gasteiger partial charge is 0.145 e. The highest BCUT2D eigenvalue weighted by Gasteiger charge is 2.10. The quantitative estimate of drug-likeness (QED) is 0.435. The summed E-state index contributed by atoms with van der Waals surface area (Å²) >= 11 is 3.45. The lowest BCUT2D eigenvalue weighted by Gasteiger charge is -2.13. The molecule has 1 N–H and O–H groups in total. The average molecular weight is 220 g/mol. The first-order valence-corrected chi connectivity index (χ1v) is 4.71. The van der Waals surface area contributed by atoms with Gasteiger partial charge in [-0.05, 0) is 5.46 Å². The molecule has 0 bridgehead atoms. The predicted molar refractivity (Wildman–Crippen MR) is 68.5 cm³/mol. The molecule has 1 rings (SSSR count). The number of halogens is 1. The Morgan fingerprint density at radius 2 is 1.33 bits per heavy atom. The first-order valence-electron chi connectivity index (χ1n) is 3.91. The molecule has 0 fully saturated rings. The van der Waals surface area contributed by atoms with E-state index in [2.05, 4.69) is 23.8 Å². The minimum absolute atomic E-state index is 0.407. The predicted octanol–water partition coefficient (Wildman–Crippen LogP) is -4.81. The lowest BCUT2D eigenvalue weighted by Crippen LogP contribution is -2.43. The number of phenols is 1. The van der Waals surface area contributed by atoms with Crippen molar-refractivity contribution in [3.63, 3.8) is 0 Å². The zero-order valence-corrected chi connectivity index (χ0v) is 9.41. The maximum Gasteiger partial charge on any atom is 0.145 e. The zero-order valence-electron chi connectivity index (χ0n) is 7.83. The number of hydrogen-bond acceptors (Lipinski definition) is 1. The lowest BCUT2D eigenvalue weighted by molar-refractivity contribution is 0.484. The van der Waals surface area contributed by atoms with Crippen molar-refractivity contribution >= 4 is 69.2 Å². The topological polar surface area (TPSA) is 20.2 Å². The van der Waals surface area contributed by atoms with Gasteiger partial charge in [-0.25, -0.2) is 0 Å². The van der Waals surface area contributed by atoms with Gasteiger partial charge in [0.05, 0.1) is 0 Å². The van der Waals surface area contributed by atoms with Gasteiger partial charge >= 0.3 is 0 Å². The summed E-state index contributed by atoms with van der Waals surface area (Å²) in [5.74, 6) is 0.407. The fourth-order valence-corrected chi connectivity index (χ4v) is 1.78. The third-order valence-electron chi connectivity index (χ3n) is 2.49.